The Kier molecular flexibility index (Phi) is 5.74. The molecule has 0 saturated carbocycles. The highest BCUT2D eigenvalue weighted by atomic mass is 16.5. The minimum atomic E-state index is -0.620. The van der Waals surface area contributed by atoms with Gasteiger partial charge in [0.15, 0.2) is 0 Å². The van der Waals surface area contributed by atoms with Crippen molar-refractivity contribution in [1.29, 1.82) is 5.26 Å². The molecule has 0 aliphatic heterocycles. The van der Waals surface area contributed by atoms with Gasteiger partial charge in [-0.3, -0.25) is 4.68 Å². The zero-order valence-corrected chi connectivity index (χ0v) is 13.7. The molecule has 0 unspecified atom stereocenters. The number of aryl methyl sites for hydroxylation is 1. The number of nitriles is 1. The van der Waals surface area contributed by atoms with E-state index in [-0.39, 0.29) is 12.6 Å². The van der Waals surface area contributed by atoms with Crippen LogP contribution in [0.25, 0.3) is 0 Å². The van der Waals surface area contributed by atoms with Crippen molar-refractivity contribution in [3.05, 3.63) is 47.3 Å². The van der Waals surface area contributed by atoms with Gasteiger partial charge in [-0.15, -0.1) is 0 Å². The Hall–Kier alpha value is -2.36. The predicted molar refractivity (Wildman–Crippen MR) is 87.0 cm³/mol. The first-order valence-electron chi connectivity index (χ1n) is 7.54. The van der Waals surface area contributed by atoms with E-state index in [0.717, 1.165) is 11.3 Å². The molecule has 0 saturated heterocycles. The van der Waals surface area contributed by atoms with Gasteiger partial charge in [0.2, 0.25) is 0 Å². The Morgan fingerprint density at radius 3 is 2.65 bits per heavy atom. The molecule has 2 aromatic rings. The maximum absolute atomic E-state index is 10.0. The van der Waals surface area contributed by atoms with Crippen molar-refractivity contribution < 1.29 is 9.84 Å². The summed E-state index contributed by atoms with van der Waals surface area (Å²) in [5.41, 5.74) is 2.81. The zero-order chi connectivity index (χ0) is 16.8. The fourth-order valence-corrected chi connectivity index (χ4v) is 2.24. The van der Waals surface area contributed by atoms with Crippen molar-refractivity contribution in [2.75, 3.05) is 13.2 Å². The van der Waals surface area contributed by atoms with Crippen molar-refractivity contribution in [2.24, 2.45) is 7.05 Å². The van der Waals surface area contributed by atoms with Gasteiger partial charge in [-0.25, -0.2) is 0 Å². The summed E-state index contributed by atoms with van der Waals surface area (Å²) in [4.78, 5) is 0. The highest BCUT2D eigenvalue weighted by molar-refractivity contribution is 5.34. The van der Waals surface area contributed by atoms with Crippen LogP contribution in [-0.2, 0) is 7.05 Å². The lowest BCUT2D eigenvalue weighted by molar-refractivity contribution is 0.104. The quantitative estimate of drug-likeness (QED) is 0.812. The molecule has 0 radical (unpaired) electrons. The summed E-state index contributed by atoms with van der Waals surface area (Å²) in [6.45, 7) is 4.67. The lowest BCUT2D eigenvalue weighted by Crippen LogP contribution is -2.33. The van der Waals surface area contributed by atoms with Crippen LogP contribution < -0.4 is 10.1 Å². The minimum absolute atomic E-state index is 0.105. The summed E-state index contributed by atoms with van der Waals surface area (Å²) < 4.78 is 7.35. The van der Waals surface area contributed by atoms with Gasteiger partial charge in [-0.05, 0) is 38.1 Å². The van der Waals surface area contributed by atoms with Crippen molar-refractivity contribution in [2.45, 2.75) is 26.0 Å². The van der Waals surface area contributed by atoms with Gasteiger partial charge in [0, 0.05) is 30.9 Å². The molecule has 23 heavy (non-hydrogen) atoms. The molecular weight excluding hydrogens is 292 g/mol. The molecule has 0 aliphatic rings. The van der Waals surface area contributed by atoms with E-state index in [1.807, 2.05) is 31.8 Å². The third-order valence-corrected chi connectivity index (χ3v) is 3.83. The van der Waals surface area contributed by atoms with Crippen LogP contribution >= 0.6 is 0 Å². The average Bonchev–Trinajstić information content (AvgIpc) is 2.90. The van der Waals surface area contributed by atoms with Crippen molar-refractivity contribution in [1.82, 2.24) is 15.1 Å². The fraction of sp³-hybridized carbons (Fsp3) is 0.412. The molecule has 1 aromatic heterocycles. The SMILES string of the molecule is Cc1c([C@@H](C)NC[C@H](O)COc2ccc(C#N)cc2)cnn1C. The van der Waals surface area contributed by atoms with Gasteiger partial charge < -0.3 is 15.2 Å². The van der Waals surface area contributed by atoms with E-state index in [1.54, 1.807) is 24.3 Å². The van der Waals surface area contributed by atoms with Gasteiger partial charge in [-0.2, -0.15) is 10.4 Å². The van der Waals surface area contributed by atoms with Crippen LogP contribution in [0.2, 0.25) is 0 Å². The molecule has 0 aliphatic carbocycles. The van der Waals surface area contributed by atoms with Crippen LogP contribution in [0, 0.1) is 18.3 Å². The first kappa shape index (κ1) is 17.0. The molecule has 2 rings (SSSR count). The minimum Gasteiger partial charge on any atom is -0.491 e. The average molecular weight is 314 g/mol. The summed E-state index contributed by atoms with van der Waals surface area (Å²) in [5.74, 6) is 0.638. The number of aliphatic hydroxyl groups is 1. The van der Waals surface area contributed by atoms with Crippen LogP contribution in [0.3, 0.4) is 0 Å². The number of aromatic nitrogens is 2. The zero-order valence-electron chi connectivity index (χ0n) is 13.7. The van der Waals surface area contributed by atoms with Crippen molar-refractivity contribution in [3.8, 4) is 11.8 Å². The molecule has 1 heterocycles. The summed E-state index contributed by atoms with van der Waals surface area (Å²) in [6.07, 6.45) is 1.22. The van der Waals surface area contributed by atoms with E-state index in [4.69, 9.17) is 10.00 Å². The van der Waals surface area contributed by atoms with E-state index in [9.17, 15) is 5.11 Å². The number of hydrogen-bond acceptors (Lipinski definition) is 5. The molecule has 0 bridgehead atoms. The Balaban J connectivity index is 1.77. The standard InChI is InChI=1S/C17H22N4O2/c1-12(17-10-20-21(3)13(17)2)19-9-15(22)11-23-16-6-4-14(8-18)5-7-16/h4-7,10,12,15,19,22H,9,11H2,1-3H3/t12-,15+/m1/s1. The lowest BCUT2D eigenvalue weighted by atomic mass is 10.1. The third kappa shape index (κ3) is 4.55. The number of hydrogen-bond donors (Lipinski definition) is 2. The highest BCUT2D eigenvalue weighted by Gasteiger charge is 2.13. The molecule has 1 aromatic carbocycles. The first-order valence-corrected chi connectivity index (χ1v) is 7.54. The van der Waals surface area contributed by atoms with E-state index in [0.29, 0.717) is 17.9 Å². The number of benzene rings is 1. The number of nitrogens with zero attached hydrogens (tertiary/aromatic N) is 3. The Morgan fingerprint density at radius 1 is 1.39 bits per heavy atom. The first-order chi connectivity index (χ1) is 11.0. The number of aliphatic hydroxyl groups excluding tert-OH is 1. The van der Waals surface area contributed by atoms with E-state index in [1.165, 1.54) is 0 Å². The number of ether oxygens (including phenoxy) is 1. The molecular formula is C17H22N4O2. The topological polar surface area (TPSA) is 83.1 Å². The summed E-state index contributed by atoms with van der Waals surface area (Å²) >= 11 is 0. The van der Waals surface area contributed by atoms with Crippen LogP contribution in [0.15, 0.2) is 30.5 Å². The summed E-state index contributed by atoms with van der Waals surface area (Å²) in [7, 11) is 1.91. The Labute approximate surface area is 136 Å². The Morgan fingerprint density at radius 2 is 2.09 bits per heavy atom. The second-order valence-electron chi connectivity index (χ2n) is 5.54. The van der Waals surface area contributed by atoms with Gasteiger partial charge >= 0.3 is 0 Å². The van der Waals surface area contributed by atoms with E-state index < -0.39 is 6.10 Å². The monoisotopic (exact) mass is 314 g/mol. The van der Waals surface area contributed by atoms with Crippen LogP contribution in [0.1, 0.15) is 29.8 Å². The maximum atomic E-state index is 10.0. The fourth-order valence-electron chi connectivity index (χ4n) is 2.24. The molecule has 122 valence electrons. The number of nitrogens with one attached hydrogen (secondary N) is 1. The van der Waals surface area contributed by atoms with E-state index in [2.05, 4.69) is 16.5 Å². The highest BCUT2D eigenvalue weighted by Crippen LogP contribution is 2.16. The third-order valence-electron chi connectivity index (χ3n) is 3.83. The van der Waals surface area contributed by atoms with Crippen molar-refractivity contribution in [3.63, 3.8) is 0 Å². The van der Waals surface area contributed by atoms with Gasteiger partial charge in [-0.1, -0.05) is 0 Å². The van der Waals surface area contributed by atoms with Gasteiger partial charge in [0.1, 0.15) is 18.5 Å². The lowest BCUT2D eigenvalue weighted by Gasteiger charge is -2.17. The van der Waals surface area contributed by atoms with Gasteiger partial charge in [0.05, 0.1) is 17.8 Å². The number of rotatable bonds is 7. The molecule has 2 atom stereocenters. The van der Waals surface area contributed by atoms with Crippen LogP contribution in [-0.4, -0.2) is 34.1 Å². The summed E-state index contributed by atoms with van der Waals surface area (Å²) in [5, 5.41) is 26.3. The van der Waals surface area contributed by atoms with Crippen molar-refractivity contribution >= 4 is 0 Å². The smallest absolute Gasteiger partial charge is 0.119 e. The van der Waals surface area contributed by atoms with E-state index >= 15 is 0 Å². The molecule has 0 fully saturated rings. The molecule has 6 heteroatoms. The predicted octanol–water partition coefficient (Wildman–Crippen LogP) is 1.69. The van der Waals surface area contributed by atoms with Gasteiger partial charge in [0.25, 0.3) is 0 Å². The normalized spacial score (nSPS) is 13.3. The maximum Gasteiger partial charge on any atom is 0.119 e. The summed E-state index contributed by atoms with van der Waals surface area (Å²) in [6, 6.07) is 8.98. The van der Waals surface area contributed by atoms with Crippen LogP contribution in [0.5, 0.6) is 5.75 Å². The molecule has 0 spiro atoms. The largest absolute Gasteiger partial charge is 0.491 e. The molecule has 0 amide bonds. The Bertz CT molecular complexity index is 673. The molecule has 2 N–H and O–H groups in total. The molecule has 6 nitrogen and oxygen atoms in total. The second-order valence-corrected chi connectivity index (χ2v) is 5.54. The second kappa shape index (κ2) is 7.77. The van der Waals surface area contributed by atoms with Crippen LogP contribution in [0.4, 0.5) is 0 Å².